The van der Waals surface area contributed by atoms with Crippen molar-refractivity contribution in [3.63, 3.8) is 0 Å². The van der Waals surface area contributed by atoms with E-state index >= 15 is 0 Å². The molecule has 6 N–H and O–H groups in total. The van der Waals surface area contributed by atoms with Crippen LogP contribution >= 0.6 is 0 Å². The summed E-state index contributed by atoms with van der Waals surface area (Å²) in [6.07, 6.45) is 0. The Balaban J connectivity index is 0. The number of hydrogen-bond acceptors (Lipinski definition) is 5. The quantitative estimate of drug-likeness (QED) is 0.209. The number of carbonyl (C=O) groups excluding carboxylic acids is 1. The molecule has 0 bridgehead atoms. The van der Waals surface area contributed by atoms with E-state index in [0.717, 1.165) is 10.9 Å². The molecule has 0 aromatic carbocycles. The van der Waals surface area contributed by atoms with Gasteiger partial charge in [0.2, 0.25) is 0 Å². The minimum Gasteiger partial charge on any atom is -0.344 e. The Labute approximate surface area is 49.5 Å². The zero-order valence-electron chi connectivity index (χ0n) is 4.33. The number of nitro groups is 1. The number of carbonyl (C=O) groups is 1. The molecule has 0 radical (unpaired) electrons. The highest BCUT2D eigenvalue weighted by molar-refractivity contribution is 5.70. The number of nitrogens with zero attached hydrogens (tertiary/aromatic N) is 1. The first kappa shape index (κ1) is 10.5. The minimum absolute atomic E-state index is 0. The number of amides is 2. The summed E-state index contributed by atoms with van der Waals surface area (Å²) in [4.78, 5) is 19.0. The lowest BCUT2D eigenvalue weighted by Gasteiger charge is -1.89. The van der Waals surface area contributed by atoms with Crippen LogP contribution in [0.4, 0.5) is 4.79 Å². The standard InChI is InChI=1S/CH3N3O4.H3N/c5-1(3-6)2-4(7)8;/h6H,(H2,2,3,5);1H3. The fourth-order valence-corrected chi connectivity index (χ4v) is 0.108. The van der Waals surface area contributed by atoms with Gasteiger partial charge in [-0.25, -0.2) is 20.4 Å². The number of urea groups is 1. The van der Waals surface area contributed by atoms with Crippen LogP contribution in [0.5, 0.6) is 0 Å². The first-order chi connectivity index (χ1) is 3.66. The molecule has 54 valence electrons. The first-order valence-corrected chi connectivity index (χ1v) is 1.52. The van der Waals surface area contributed by atoms with E-state index in [0.29, 0.717) is 0 Å². The van der Waals surface area contributed by atoms with Crippen LogP contribution in [-0.4, -0.2) is 16.3 Å². The average molecular weight is 138 g/mol. The number of rotatable bonds is 1. The summed E-state index contributed by atoms with van der Waals surface area (Å²) in [7, 11) is 0. The third-order valence-electron chi connectivity index (χ3n) is 0.294. The fraction of sp³-hybridized carbons (Fsp3) is 0. The largest absolute Gasteiger partial charge is 0.396 e. The molecule has 0 aliphatic heterocycles. The Morgan fingerprint density at radius 3 is 2.22 bits per heavy atom. The zero-order valence-corrected chi connectivity index (χ0v) is 4.33. The molecule has 0 heterocycles. The smallest absolute Gasteiger partial charge is 0.344 e. The average Bonchev–Trinajstić information content (AvgIpc) is 1.65. The van der Waals surface area contributed by atoms with Crippen LogP contribution in [-0.2, 0) is 0 Å². The second-order valence-electron chi connectivity index (χ2n) is 0.810. The van der Waals surface area contributed by atoms with Crippen LogP contribution in [0.15, 0.2) is 0 Å². The van der Waals surface area contributed by atoms with Crippen LogP contribution < -0.4 is 17.1 Å². The van der Waals surface area contributed by atoms with Crippen LogP contribution in [0.3, 0.4) is 0 Å². The van der Waals surface area contributed by atoms with Gasteiger partial charge in [0.15, 0.2) is 5.03 Å². The van der Waals surface area contributed by atoms with Crippen molar-refractivity contribution in [3.8, 4) is 0 Å². The van der Waals surface area contributed by atoms with Crippen LogP contribution in [0, 0.1) is 10.1 Å². The number of hydrogen-bond donors (Lipinski definition) is 4. The van der Waals surface area contributed by atoms with Gasteiger partial charge in [-0.05, 0) is 5.43 Å². The second-order valence-corrected chi connectivity index (χ2v) is 0.810. The number of nitrogens with one attached hydrogen (secondary N) is 2. The summed E-state index contributed by atoms with van der Waals surface area (Å²) >= 11 is 0. The van der Waals surface area contributed by atoms with E-state index in [-0.39, 0.29) is 6.15 Å². The van der Waals surface area contributed by atoms with Crippen molar-refractivity contribution >= 4 is 6.03 Å². The van der Waals surface area contributed by atoms with Crippen molar-refractivity contribution in [1.82, 2.24) is 17.1 Å². The van der Waals surface area contributed by atoms with E-state index in [1.807, 2.05) is 0 Å². The summed E-state index contributed by atoms with van der Waals surface area (Å²) in [6, 6.07) is -1.27. The lowest BCUT2D eigenvalue weighted by Crippen LogP contribution is -2.36. The first-order valence-electron chi connectivity index (χ1n) is 1.52. The summed E-state index contributed by atoms with van der Waals surface area (Å²) in [5, 5.41) is 15.8. The molecular weight excluding hydrogens is 132 g/mol. The van der Waals surface area contributed by atoms with Gasteiger partial charge in [0.25, 0.3) is 0 Å². The van der Waals surface area contributed by atoms with Gasteiger partial charge in [0.05, 0.1) is 0 Å². The fourth-order valence-electron chi connectivity index (χ4n) is 0.108. The number of hydroxylamine groups is 1. The maximum Gasteiger partial charge on any atom is 0.396 e. The Bertz CT molecular complexity index is 111. The van der Waals surface area contributed by atoms with Crippen LogP contribution in [0.25, 0.3) is 0 Å². The molecule has 0 fully saturated rings. The van der Waals surface area contributed by atoms with Crippen molar-refractivity contribution in [1.29, 1.82) is 0 Å². The molecule has 0 saturated heterocycles. The van der Waals surface area contributed by atoms with Crippen molar-refractivity contribution < 1.29 is 15.0 Å². The predicted octanol–water partition coefficient (Wildman–Crippen LogP) is -0.972. The molecule has 0 aliphatic rings. The maximum absolute atomic E-state index is 9.71. The molecule has 0 aromatic rings. The van der Waals surface area contributed by atoms with Gasteiger partial charge in [-0.15, -0.1) is 0 Å². The maximum atomic E-state index is 9.71. The molecule has 9 heavy (non-hydrogen) atoms. The van der Waals surface area contributed by atoms with Gasteiger partial charge < -0.3 is 6.15 Å². The lowest BCUT2D eigenvalue weighted by molar-refractivity contribution is -0.528. The zero-order chi connectivity index (χ0) is 6.57. The molecule has 8 nitrogen and oxygen atoms in total. The van der Waals surface area contributed by atoms with Crippen LogP contribution in [0.2, 0.25) is 0 Å². The summed E-state index contributed by atoms with van der Waals surface area (Å²) in [5.74, 6) is 0. The third-order valence-corrected chi connectivity index (χ3v) is 0.294. The van der Waals surface area contributed by atoms with Gasteiger partial charge in [-0.1, -0.05) is 0 Å². The van der Waals surface area contributed by atoms with Gasteiger partial charge in [-0.2, -0.15) is 0 Å². The molecule has 0 unspecified atom stereocenters. The Kier molecular flexibility index (Phi) is 5.56. The highest BCUT2D eigenvalue weighted by atomic mass is 16.7. The van der Waals surface area contributed by atoms with Crippen molar-refractivity contribution in [2.24, 2.45) is 0 Å². The van der Waals surface area contributed by atoms with E-state index in [9.17, 15) is 14.9 Å². The van der Waals surface area contributed by atoms with E-state index in [4.69, 9.17) is 5.21 Å². The van der Waals surface area contributed by atoms with Gasteiger partial charge in [0, 0.05) is 0 Å². The molecule has 0 atom stereocenters. The topological polar surface area (TPSA) is 140 Å². The highest BCUT2D eigenvalue weighted by Gasteiger charge is 2.01. The Hall–Kier alpha value is -1.41. The molecule has 0 aromatic heterocycles. The van der Waals surface area contributed by atoms with Gasteiger partial charge >= 0.3 is 6.03 Å². The van der Waals surface area contributed by atoms with E-state index in [2.05, 4.69) is 0 Å². The molecule has 0 rings (SSSR count). The summed E-state index contributed by atoms with van der Waals surface area (Å²) in [5.41, 5.74) is 2.12. The Morgan fingerprint density at radius 1 is 1.67 bits per heavy atom. The second kappa shape index (κ2) is 4.74. The monoisotopic (exact) mass is 138 g/mol. The third kappa shape index (κ3) is 6.59. The van der Waals surface area contributed by atoms with E-state index < -0.39 is 11.1 Å². The summed E-state index contributed by atoms with van der Waals surface area (Å²) in [6.45, 7) is 0. The summed E-state index contributed by atoms with van der Waals surface area (Å²) < 4.78 is 0. The van der Waals surface area contributed by atoms with Crippen molar-refractivity contribution in [3.05, 3.63) is 10.1 Å². The predicted molar refractivity (Wildman–Crippen MR) is 25.5 cm³/mol. The molecule has 8 heteroatoms. The van der Waals surface area contributed by atoms with Crippen LogP contribution in [0.1, 0.15) is 0 Å². The molecule has 0 saturated carbocycles. The molecule has 2 amide bonds. The minimum atomic E-state index is -1.27. The highest BCUT2D eigenvalue weighted by Crippen LogP contribution is 1.58. The number of hydrazine groups is 1. The molecule has 0 spiro atoms. The van der Waals surface area contributed by atoms with Gasteiger partial charge in [0.1, 0.15) is 0 Å². The molecule has 0 aliphatic carbocycles. The lowest BCUT2D eigenvalue weighted by atomic mass is 11.1. The normalized spacial score (nSPS) is 6.78. The van der Waals surface area contributed by atoms with Gasteiger partial charge in [-0.3, -0.25) is 5.21 Å². The SMILES string of the molecule is N.O=C(NO)N[N+](=O)[O-]. The van der Waals surface area contributed by atoms with Crippen molar-refractivity contribution in [2.45, 2.75) is 0 Å². The van der Waals surface area contributed by atoms with E-state index in [1.54, 1.807) is 0 Å². The Morgan fingerprint density at radius 2 is 2.11 bits per heavy atom. The van der Waals surface area contributed by atoms with Crippen molar-refractivity contribution in [2.75, 3.05) is 0 Å². The molecular formula is CH6N4O4. The van der Waals surface area contributed by atoms with E-state index in [1.165, 1.54) is 0 Å².